The molecule has 1 N–H and O–H groups in total. The van der Waals surface area contributed by atoms with E-state index in [0.29, 0.717) is 16.9 Å². The van der Waals surface area contributed by atoms with E-state index in [1.165, 1.54) is 19.3 Å². The molecule has 2 fully saturated rings. The second-order valence-corrected chi connectivity index (χ2v) is 5.63. The second-order valence-electron chi connectivity index (χ2n) is 5.63. The molecule has 2 aliphatic rings. The number of carbonyl (C=O) groups is 1. The van der Waals surface area contributed by atoms with Gasteiger partial charge < -0.3 is 5.32 Å². The molecule has 3 atom stereocenters. The summed E-state index contributed by atoms with van der Waals surface area (Å²) in [7, 11) is 0. The van der Waals surface area contributed by atoms with Crippen LogP contribution in [-0.4, -0.2) is 12.5 Å². The van der Waals surface area contributed by atoms with E-state index >= 15 is 0 Å². The van der Waals surface area contributed by atoms with Gasteiger partial charge in [-0.15, -0.1) is 0 Å². The molecule has 0 aliphatic heterocycles. The second kappa shape index (κ2) is 2.49. The maximum atomic E-state index is 10.6. The van der Waals surface area contributed by atoms with Crippen molar-refractivity contribution in [3.05, 3.63) is 0 Å². The van der Waals surface area contributed by atoms with Gasteiger partial charge in [-0.25, -0.2) is 0 Å². The van der Waals surface area contributed by atoms with Gasteiger partial charge in [0.25, 0.3) is 0 Å². The van der Waals surface area contributed by atoms with Crippen LogP contribution in [0.15, 0.2) is 0 Å². The van der Waals surface area contributed by atoms with E-state index in [2.05, 4.69) is 26.1 Å². The number of hydrogen-bond acceptors (Lipinski definition) is 1. The number of fused-ring (bicyclic) bond motifs is 2. The highest BCUT2D eigenvalue weighted by molar-refractivity contribution is 5.48. The van der Waals surface area contributed by atoms with Gasteiger partial charge in [0.05, 0.1) is 0 Å². The van der Waals surface area contributed by atoms with Gasteiger partial charge in [-0.05, 0) is 36.0 Å². The van der Waals surface area contributed by atoms with Gasteiger partial charge in [0.15, 0.2) is 0 Å². The largest absolute Gasteiger partial charge is 0.355 e. The highest BCUT2D eigenvalue weighted by Gasteiger charge is 2.59. The SMILES string of the molecule is CC12CCC(C1)C(C)(C)C2NC=O. The Balaban J connectivity index is 2.28. The Hall–Kier alpha value is -0.530. The monoisotopic (exact) mass is 181 g/mol. The predicted octanol–water partition coefficient (Wildman–Crippen LogP) is 1.95. The average Bonchev–Trinajstić information content (AvgIpc) is 2.50. The summed E-state index contributed by atoms with van der Waals surface area (Å²) in [5.41, 5.74) is 0.670. The summed E-state index contributed by atoms with van der Waals surface area (Å²) in [5, 5.41) is 3.03. The van der Waals surface area contributed by atoms with Crippen molar-refractivity contribution in [2.24, 2.45) is 16.7 Å². The van der Waals surface area contributed by atoms with E-state index in [9.17, 15) is 4.79 Å². The standard InChI is InChI=1S/C11H19NO/c1-10(2)8-4-5-11(3,6-8)9(10)12-7-13/h7-9H,4-6H2,1-3H3,(H,12,13). The zero-order valence-electron chi connectivity index (χ0n) is 8.76. The molecule has 0 aromatic rings. The number of amides is 1. The van der Waals surface area contributed by atoms with Gasteiger partial charge in [-0.3, -0.25) is 4.79 Å². The van der Waals surface area contributed by atoms with Crippen molar-refractivity contribution in [2.75, 3.05) is 0 Å². The van der Waals surface area contributed by atoms with Crippen LogP contribution in [0.4, 0.5) is 0 Å². The topological polar surface area (TPSA) is 29.1 Å². The Morgan fingerprint density at radius 1 is 1.38 bits per heavy atom. The quantitative estimate of drug-likeness (QED) is 0.648. The smallest absolute Gasteiger partial charge is 0.207 e. The first-order valence-corrected chi connectivity index (χ1v) is 5.20. The van der Waals surface area contributed by atoms with Crippen molar-refractivity contribution >= 4 is 6.41 Å². The van der Waals surface area contributed by atoms with Crippen LogP contribution in [0.2, 0.25) is 0 Å². The summed E-state index contributed by atoms with van der Waals surface area (Å²) in [6.45, 7) is 6.91. The van der Waals surface area contributed by atoms with Crippen molar-refractivity contribution in [3.63, 3.8) is 0 Å². The third kappa shape index (κ3) is 1.04. The van der Waals surface area contributed by atoms with Crippen molar-refractivity contribution in [1.29, 1.82) is 0 Å². The Bertz CT molecular complexity index is 231. The predicted molar refractivity (Wildman–Crippen MR) is 52.2 cm³/mol. The average molecular weight is 181 g/mol. The van der Waals surface area contributed by atoms with Crippen molar-refractivity contribution < 1.29 is 4.79 Å². The van der Waals surface area contributed by atoms with Crippen LogP contribution in [0, 0.1) is 16.7 Å². The third-order valence-corrected chi connectivity index (χ3v) is 4.50. The van der Waals surface area contributed by atoms with Crippen LogP contribution in [0.25, 0.3) is 0 Å². The lowest BCUT2D eigenvalue weighted by molar-refractivity contribution is -0.112. The minimum absolute atomic E-state index is 0.300. The molecule has 0 radical (unpaired) electrons. The van der Waals surface area contributed by atoms with Gasteiger partial charge in [0, 0.05) is 6.04 Å². The number of hydrogen-bond donors (Lipinski definition) is 1. The molecule has 2 rings (SSSR count). The number of rotatable bonds is 2. The van der Waals surface area contributed by atoms with Crippen LogP contribution in [-0.2, 0) is 4.79 Å². The Labute approximate surface area is 80.1 Å². The Kier molecular flexibility index (Phi) is 1.73. The van der Waals surface area contributed by atoms with Crippen molar-refractivity contribution in [3.8, 4) is 0 Å². The molecular weight excluding hydrogens is 162 g/mol. The van der Waals surface area contributed by atoms with Gasteiger partial charge >= 0.3 is 0 Å². The van der Waals surface area contributed by atoms with Gasteiger partial charge in [-0.2, -0.15) is 0 Å². The molecule has 0 saturated heterocycles. The first-order chi connectivity index (χ1) is 6.00. The fraction of sp³-hybridized carbons (Fsp3) is 0.909. The lowest BCUT2D eigenvalue weighted by Crippen LogP contribution is -2.49. The van der Waals surface area contributed by atoms with E-state index in [4.69, 9.17) is 0 Å². The van der Waals surface area contributed by atoms with Gasteiger partial charge in [0.2, 0.25) is 6.41 Å². The van der Waals surface area contributed by atoms with E-state index < -0.39 is 0 Å². The number of nitrogens with one attached hydrogen (secondary N) is 1. The first-order valence-electron chi connectivity index (χ1n) is 5.20. The molecule has 2 bridgehead atoms. The molecule has 0 spiro atoms. The molecule has 2 nitrogen and oxygen atoms in total. The zero-order valence-corrected chi connectivity index (χ0v) is 8.76. The molecule has 1 amide bonds. The Morgan fingerprint density at radius 2 is 2.08 bits per heavy atom. The fourth-order valence-corrected chi connectivity index (χ4v) is 3.79. The van der Waals surface area contributed by atoms with Crippen LogP contribution in [0.5, 0.6) is 0 Å². The third-order valence-electron chi connectivity index (χ3n) is 4.50. The lowest BCUT2D eigenvalue weighted by Gasteiger charge is -2.42. The van der Waals surface area contributed by atoms with E-state index in [0.717, 1.165) is 12.3 Å². The first kappa shape index (κ1) is 9.04. The molecule has 13 heavy (non-hydrogen) atoms. The van der Waals surface area contributed by atoms with Crippen LogP contribution in [0.1, 0.15) is 40.0 Å². The summed E-state index contributed by atoms with van der Waals surface area (Å²) in [5.74, 6) is 0.815. The van der Waals surface area contributed by atoms with Crippen molar-refractivity contribution in [2.45, 2.75) is 46.1 Å². The lowest BCUT2D eigenvalue weighted by atomic mass is 9.68. The molecule has 0 aromatic heterocycles. The summed E-state index contributed by atoms with van der Waals surface area (Å²) >= 11 is 0. The van der Waals surface area contributed by atoms with Gasteiger partial charge in [-0.1, -0.05) is 20.8 Å². The molecule has 2 aliphatic carbocycles. The summed E-state index contributed by atoms with van der Waals surface area (Å²) < 4.78 is 0. The summed E-state index contributed by atoms with van der Waals surface area (Å²) in [4.78, 5) is 10.6. The Morgan fingerprint density at radius 3 is 2.54 bits per heavy atom. The minimum atomic E-state index is 0.300. The summed E-state index contributed by atoms with van der Waals surface area (Å²) in [6, 6.07) is 0.385. The maximum absolute atomic E-state index is 10.6. The molecule has 0 aromatic carbocycles. The van der Waals surface area contributed by atoms with Crippen LogP contribution >= 0.6 is 0 Å². The number of carbonyl (C=O) groups excluding carboxylic acids is 1. The van der Waals surface area contributed by atoms with E-state index in [1.54, 1.807) is 0 Å². The van der Waals surface area contributed by atoms with Gasteiger partial charge in [0.1, 0.15) is 0 Å². The molecule has 2 saturated carbocycles. The maximum Gasteiger partial charge on any atom is 0.207 e. The normalized spacial score (nSPS) is 46.4. The molecule has 2 heteroatoms. The molecule has 3 unspecified atom stereocenters. The summed E-state index contributed by atoms with van der Waals surface area (Å²) in [6.07, 6.45) is 4.80. The zero-order chi connectivity index (χ0) is 9.69. The highest BCUT2D eigenvalue weighted by atomic mass is 16.1. The molecule has 74 valence electrons. The van der Waals surface area contributed by atoms with E-state index in [-0.39, 0.29) is 0 Å². The molecular formula is C11H19NO. The van der Waals surface area contributed by atoms with Crippen molar-refractivity contribution in [1.82, 2.24) is 5.32 Å². The van der Waals surface area contributed by atoms with Crippen LogP contribution in [0.3, 0.4) is 0 Å². The molecule has 0 heterocycles. The van der Waals surface area contributed by atoms with Crippen LogP contribution < -0.4 is 5.32 Å². The highest BCUT2D eigenvalue weighted by Crippen LogP contribution is 2.62. The minimum Gasteiger partial charge on any atom is -0.355 e. The fourth-order valence-electron chi connectivity index (χ4n) is 3.79. The van der Waals surface area contributed by atoms with E-state index in [1.807, 2.05) is 0 Å².